The molecule has 2 aromatic rings. The van der Waals surface area contributed by atoms with Gasteiger partial charge in [0, 0.05) is 5.56 Å². The molecular weight excluding hydrogens is 328 g/mol. The maximum atomic E-state index is 12.2. The van der Waals surface area contributed by atoms with E-state index in [1.807, 2.05) is 51.1 Å². The van der Waals surface area contributed by atoms with Crippen molar-refractivity contribution in [3.63, 3.8) is 0 Å². The second-order valence-corrected chi connectivity index (χ2v) is 6.87. The van der Waals surface area contributed by atoms with E-state index in [-0.39, 0.29) is 24.9 Å². The standard InChI is InChI=1S/C22H26O4/c1-14(2)19-9-6-15(3)10-21(19)25-13-22(24)26-12-20(23)18-8-7-16(4)17(5)11-18/h6-11,14H,12-13H2,1-5H3. The highest BCUT2D eigenvalue weighted by molar-refractivity contribution is 5.98. The van der Waals surface area contributed by atoms with Gasteiger partial charge >= 0.3 is 5.97 Å². The van der Waals surface area contributed by atoms with Gasteiger partial charge in [-0.2, -0.15) is 0 Å². The number of ketones is 1. The summed E-state index contributed by atoms with van der Waals surface area (Å²) in [5.41, 5.74) is 4.79. The molecule has 0 spiro atoms. The summed E-state index contributed by atoms with van der Waals surface area (Å²) in [6.07, 6.45) is 0. The highest BCUT2D eigenvalue weighted by Gasteiger charge is 2.13. The number of carbonyl (C=O) groups excluding carboxylic acids is 2. The van der Waals surface area contributed by atoms with Gasteiger partial charge in [-0.05, 0) is 61.1 Å². The van der Waals surface area contributed by atoms with Crippen LogP contribution in [0.15, 0.2) is 36.4 Å². The van der Waals surface area contributed by atoms with Crippen molar-refractivity contribution in [1.29, 1.82) is 0 Å². The van der Waals surface area contributed by atoms with Gasteiger partial charge in [0.1, 0.15) is 5.75 Å². The van der Waals surface area contributed by atoms with Crippen molar-refractivity contribution < 1.29 is 19.1 Å². The lowest BCUT2D eigenvalue weighted by atomic mass is 10.0. The predicted octanol–water partition coefficient (Wildman–Crippen LogP) is 4.54. The molecule has 0 atom stereocenters. The molecule has 0 unspecified atom stereocenters. The van der Waals surface area contributed by atoms with Crippen LogP contribution in [-0.2, 0) is 9.53 Å². The van der Waals surface area contributed by atoms with Crippen molar-refractivity contribution in [3.05, 3.63) is 64.2 Å². The Balaban J connectivity index is 1.90. The molecule has 0 aromatic heterocycles. The molecule has 0 saturated carbocycles. The maximum absolute atomic E-state index is 12.2. The van der Waals surface area contributed by atoms with E-state index < -0.39 is 5.97 Å². The lowest BCUT2D eigenvalue weighted by Crippen LogP contribution is -2.20. The SMILES string of the molecule is Cc1ccc(C(C)C)c(OCC(=O)OCC(=O)c2ccc(C)c(C)c2)c1. The molecule has 0 heterocycles. The fourth-order valence-electron chi connectivity index (χ4n) is 2.57. The van der Waals surface area contributed by atoms with Crippen LogP contribution in [0.5, 0.6) is 5.75 Å². The molecule has 26 heavy (non-hydrogen) atoms. The van der Waals surface area contributed by atoms with Gasteiger partial charge in [-0.25, -0.2) is 4.79 Å². The zero-order valence-corrected chi connectivity index (χ0v) is 16.1. The van der Waals surface area contributed by atoms with Crippen LogP contribution in [0, 0.1) is 20.8 Å². The van der Waals surface area contributed by atoms with E-state index in [1.54, 1.807) is 6.07 Å². The minimum Gasteiger partial charge on any atom is -0.482 e. The van der Waals surface area contributed by atoms with E-state index in [0.717, 1.165) is 22.3 Å². The minimum absolute atomic E-state index is 0.219. The molecule has 2 aromatic carbocycles. The lowest BCUT2D eigenvalue weighted by Gasteiger charge is -2.14. The minimum atomic E-state index is -0.557. The molecule has 0 aliphatic carbocycles. The van der Waals surface area contributed by atoms with Crippen molar-refractivity contribution in [2.75, 3.05) is 13.2 Å². The molecule has 0 bridgehead atoms. The van der Waals surface area contributed by atoms with Gasteiger partial charge in [0.25, 0.3) is 0 Å². The number of aryl methyl sites for hydroxylation is 3. The quantitative estimate of drug-likeness (QED) is 0.541. The third kappa shape index (κ3) is 5.19. The summed E-state index contributed by atoms with van der Waals surface area (Å²) >= 11 is 0. The summed E-state index contributed by atoms with van der Waals surface area (Å²) in [6, 6.07) is 11.4. The van der Waals surface area contributed by atoms with Crippen molar-refractivity contribution >= 4 is 11.8 Å². The number of carbonyl (C=O) groups is 2. The second kappa shape index (κ2) is 8.65. The van der Waals surface area contributed by atoms with E-state index >= 15 is 0 Å². The average molecular weight is 354 g/mol. The monoisotopic (exact) mass is 354 g/mol. The van der Waals surface area contributed by atoms with Gasteiger partial charge in [0.05, 0.1) is 0 Å². The molecule has 0 saturated heterocycles. The number of hydrogen-bond donors (Lipinski definition) is 0. The number of esters is 1. The number of rotatable bonds is 7. The zero-order chi connectivity index (χ0) is 19.3. The van der Waals surface area contributed by atoms with Gasteiger partial charge in [-0.15, -0.1) is 0 Å². The topological polar surface area (TPSA) is 52.6 Å². The Morgan fingerprint density at radius 1 is 0.923 bits per heavy atom. The van der Waals surface area contributed by atoms with Crippen LogP contribution in [0.2, 0.25) is 0 Å². The fourth-order valence-corrected chi connectivity index (χ4v) is 2.57. The molecule has 0 radical (unpaired) electrons. The van der Waals surface area contributed by atoms with Crippen LogP contribution in [0.3, 0.4) is 0 Å². The highest BCUT2D eigenvalue weighted by atomic mass is 16.6. The summed E-state index contributed by atoms with van der Waals surface area (Å²) in [7, 11) is 0. The van der Waals surface area contributed by atoms with Gasteiger partial charge in [0.2, 0.25) is 0 Å². The summed E-state index contributed by atoms with van der Waals surface area (Å²) in [4.78, 5) is 24.1. The molecule has 138 valence electrons. The number of hydrogen-bond acceptors (Lipinski definition) is 4. The molecule has 0 fully saturated rings. The third-order valence-electron chi connectivity index (χ3n) is 4.33. The van der Waals surface area contributed by atoms with Crippen LogP contribution >= 0.6 is 0 Å². The van der Waals surface area contributed by atoms with Crippen LogP contribution in [0.25, 0.3) is 0 Å². The molecule has 0 aliphatic heterocycles. The Labute approximate surface area is 155 Å². The third-order valence-corrected chi connectivity index (χ3v) is 4.33. The van der Waals surface area contributed by atoms with Crippen LogP contribution in [0.4, 0.5) is 0 Å². The number of Topliss-reactive ketones (excluding diaryl/α,β-unsaturated/α-hetero) is 1. The van der Waals surface area contributed by atoms with Gasteiger partial charge in [-0.3, -0.25) is 4.79 Å². The van der Waals surface area contributed by atoms with E-state index in [9.17, 15) is 9.59 Å². The molecule has 4 nitrogen and oxygen atoms in total. The first-order chi connectivity index (χ1) is 12.3. The summed E-state index contributed by atoms with van der Waals surface area (Å²) < 4.78 is 10.7. The van der Waals surface area contributed by atoms with Gasteiger partial charge in [-0.1, -0.05) is 38.1 Å². The lowest BCUT2D eigenvalue weighted by molar-refractivity contribution is -0.144. The van der Waals surface area contributed by atoms with Crippen molar-refractivity contribution in [1.82, 2.24) is 0 Å². The van der Waals surface area contributed by atoms with E-state index in [1.165, 1.54) is 0 Å². The first kappa shape index (κ1) is 19.7. The van der Waals surface area contributed by atoms with Crippen LogP contribution in [-0.4, -0.2) is 25.0 Å². The van der Waals surface area contributed by atoms with E-state index in [0.29, 0.717) is 11.3 Å². The maximum Gasteiger partial charge on any atom is 0.344 e. The smallest absolute Gasteiger partial charge is 0.344 e. The normalized spacial score (nSPS) is 10.7. The summed E-state index contributed by atoms with van der Waals surface area (Å²) in [6.45, 7) is 9.53. The molecule has 2 rings (SSSR count). The Hall–Kier alpha value is -2.62. The Morgan fingerprint density at radius 3 is 2.31 bits per heavy atom. The van der Waals surface area contributed by atoms with Crippen molar-refractivity contribution in [2.24, 2.45) is 0 Å². The first-order valence-corrected chi connectivity index (χ1v) is 8.77. The van der Waals surface area contributed by atoms with Crippen molar-refractivity contribution in [2.45, 2.75) is 40.5 Å². The largest absolute Gasteiger partial charge is 0.482 e. The van der Waals surface area contributed by atoms with E-state index in [4.69, 9.17) is 9.47 Å². The second-order valence-electron chi connectivity index (χ2n) is 6.87. The Bertz CT molecular complexity index is 806. The predicted molar refractivity (Wildman–Crippen MR) is 102 cm³/mol. The molecule has 4 heteroatoms. The van der Waals surface area contributed by atoms with E-state index in [2.05, 4.69) is 13.8 Å². The van der Waals surface area contributed by atoms with Gasteiger partial charge in [0.15, 0.2) is 19.0 Å². The van der Waals surface area contributed by atoms with Crippen molar-refractivity contribution in [3.8, 4) is 5.75 Å². The molecular formula is C22H26O4. The highest BCUT2D eigenvalue weighted by Crippen LogP contribution is 2.27. The Kier molecular flexibility index (Phi) is 6.56. The zero-order valence-electron chi connectivity index (χ0n) is 16.1. The van der Waals surface area contributed by atoms with Crippen LogP contribution < -0.4 is 4.74 Å². The molecule has 0 N–H and O–H groups in total. The average Bonchev–Trinajstić information content (AvgIpc) is 2.59. The van der Waals surface area contributed by atoms with Gasteiger partial charge < -0.3 is 9.47 Å². The fraction of sp³-hybridized carbons (Fsp3) is 0.364. The first-order valence-electron chi connectivity index (χ1n) is 8.77. The molecule has 0 amide bonds. The number of ether oxygens (including phenoxy) is 2. The Morgan fingerprint density at radius 2 is 1.65 bits per heavy atom. The molecule has 0 aliphatic rings. The van der Waals surface area contributed by atoms with Crippen LogP contribution in [0.1, 0.15) is 52.4 Å². The summed E-state index contributed by atoms with van der Waals surface area (Å²) in [5, 5.41) is 0. The summed E-state index contributed by atoms with van der Waals surface area (Å²) in [5.74, 6) is 0.184. The number of benzene rings is 2.